The van der Waals surface area contributed by atoms with E-state index in [0.717, 1.165) is 18.7 Å². The van der Waals surface area contributed by atoms with Gasteiger partial charge in [0.15, 0.2) is 11.5 Å². The van der Waals surface area contributed by atoms with Crippen molar-refractivity contribution in [3.8, 4) is 0 Å². The Bertz CT molecular complexity index is 358. The van der Waals surface area contributed by atoms with Crippen LogP contribution in [-0.4, -0.2) is 18.0 Å². The number of hydrogen-bond donors (Lipinski definition) is 1. The Morgan fingerprint density at radius 1 is 0.913 bits per heavy atom. The van der Waals surface area contributed by atoms with Crippen LogP contribution in [0.5, 0.6) is 0 Å². The van der Waals surface area contributed by atoms with E-state index in [0.29, 0.717) is 18.4 Å². The van der Waals surface area contributed by atoms with E-state index in [4.69, 9.17) is 10.7 Å². The molecule has 2 unspecified atom stereocenters. The van der Waals surface area contributed by atoms with E-state index in [-0.39, 0.29) is 5.66 Å². The zero-order chi connectivity index (χ0) is 17.1. The van der Waals surface area contributed by atoms with Crippen LogP contribution >= 0.6 is 0 Å². The predicted octanol–water partition coefficient (Wildman–Crippen LogP) is 5.72. The SMILES string of the molecule is CCCCC(CC)CC1(CC(CC)CCCC)N=NC(CN)=N1. The van der Waals surface area contributed by atoms with E-state index in [9.17, 15) is 0 Å². The van der Waals surface area contributed by atoms with Gasteiger partial charge in [0.2, 0.25) is 0 Å². The Kier molecular flexibility index (Phi) is 9.61. The van der Waals surface area contributed by atoms with Gasteiger partial charge in [0, 0.05) is 0 Å². The molecule has 0 aliphatic carbocycles. The molecule has 0 saturated heterocycles. The summed E-state index contributed by atoms with van der Waals surface area (Å²) in [7, 11) is 0. The zero-order valence-electron chi connectivity index (χ0n) is 15.9. The van der Waals surface area contributed by atoms with Gasteiger partial charge in [-0.05, 0) is 24.7 Å². The van der Waals surface area contributed by atoms with E-state index in [1.807, 2.05) is 0 Å². The number of nitrogens with two attached hydrogens (primary N) is 1. The second-order valence-electron chi connectivity index (χ2n) is 7.16. The molecule has 134 valence electrons. The van der Waals surface area contributed by atoms with E-state index >= 15 is 0 Å². The highest BCUT2D eigenvalue weighted by atomic mass is 15.3. The van der Waals surface area contributed by atoms with Crippen LogP contribution in [0.25, 0.3) is 0 Å². The number of unbranched alkanes of at least 4 members (excludes halogenated alkanes) is 2. The molecule has 0 spiro atoms. The first-order valence-electron chi connectivity index (χ1n) is 9.84. The Balaban J connectivity index is 2.82. The highest BCUT2D eigenvalue weighted by molar-refractivity contribution is 5.85. The van der Waals surface area contributed by atoms with Crippen molar-refractivity contribution < 1.29 is 0 Å². The van der Waals surface area contributed by atoms with Crippen LogP contribution in [0.4, 0.5) is 0 Å². The smallest absolute Gasteiger partial charge is 0.173 e. The van der Waals surface area contributed by atoms with Gasteiger partial charge in [-0.1, -0.05) is 79.1 Å². The summed E-state index contributed by atoms with van der Waals surface area (Å²) in [5, 5.41) is 8.95. The molecule has 2 atom stereocenters. The molecular formula is C19H38N4. The summed E-state index contributed by atoms with van der Waals surface area (Å²) in [4.78, 5) is 4.89. The van der Waals surface area contributed by atoms with Crippen molar-refractivity contribution in [3.05, 3.63) is 0 Å². The highest BCUT2D eigenvalue weighted by Gasteiger charge is 2.37. The number of nitrogens with zero attached hydrogens (tertiary/aromatic N) is 3. The maximum atomic E-state index is 5.76. The Hall–Kier alpha value is -0.770. The van der Waals surface area contributed by atoms with Gasteiger partial charge in [0.25, 0.3) is 0 Å². The lowest BCUT2D eigenvalue weighted by Gasteiger charge is -2.30. The molecule has 0 aromatic heterocycles. The quantitative estimate of drug-likeness (QED) is 0.463. The van der Waals surface area contributed by atoms with Crippen molar-refractivity contribution in [2.75, 3.05) is 6.54 Å². The van der Waals surface area contributed by atoms with Gasteiger partial charge in [0.1, 0.15) is 0 Å². The van der Waals surface area contributed by atoms with Gasteiger partial charge < -0.3 is 5.73 Å². The second kappa shape index (κ2) is 10.9. The lowest BCUT2D eigenvalue weighted by molar-refractivity contribution is 0.239. The van der Waals surface area contributed by atoms with Crippen LogP contribution in [0.3, 0.4) is 0 Å². The summed E-state index contributed by atoms with van der Waals surface area (Å²) in [6.45, 7) is 9.52. The summed E-state index contributed by atoms with van der Waals surface area (Å²) in [5.74, 6) is 2.12. The standard InChI is InChI=1S/C19H38N4/c1-5-9-11-16(7-3)13-19(21-18(15-20)22-23-19)14-17(8-4)12-10-6-2/h16-17H,5-15,20H2,1-4H3. The normalized spacial score (nSPS) is 23.1. The third-order valence-corrected chi connectivity index (χ3v) is 5.19. The summed E-state index contributed by atoms with van der Waals surface area (Å²) < 4.78 is 0. The van der Waals surface area contributed by atoms with Crippen molar-refractivity contribution >= 4 is 5.84 Å². The summed E-state index contributed by atoms with van der Waals surface area (Å²) >= 11 is 0. The minimum atomic E-state index is -0.322. The van der Waals surface area contributed by atoms with Crippen molar-refractivity contribution in [1.29, 1.82) is 0 Å². The molecule has 0 radical (unpaired) electrons. The third-order valence-electron chi connectivity index (χ3n) is 5.19. The average molecular weight is 323 g/mol. The fourth-order valence-electron chi connectivity index (χ4n) is 3.59. The molecular weight excluding hydrogens is 284 g/mol. The fraction of sp³-hybridized carbons (Fsp3) is 0.947. The van der Waals surface area contributed by atoms with Gasteiger partial charge in [0.05, 0.1) is 6.54 Å². The van der Waals surface area contributed by atoms with E-state index in [2.05, 4.69) is 37.9 Å². The van der Waals surface area contributed by atoms with Gasteiger partial charge in [-0.25, -0.2) is 4.99 Å². The minimum Gasteiger partial charge on any atom is -0.324 e. The Labute approximate surface area is 143 Å². The molecule has 1 aliphatic heterocycles. The third kappa shape index (κ3) is 6.70. The summed E-state index contributed by atoms with van der Waals surface area (Å²) in [6.07, 6.45) is 12.2. The molecule has 0 fully saturated rings. The maximum absolute atomic E-state index is 5.76. The largest absolute Gasteiger partial charge is 0.324 e. The van der Waals surface area contributed by atoms with E-state index < -0.39 is 0 Å². The first kappa shape index (κ1) is 20.3. The van der Waals surface area contributed by atoms with E-state index in [1.165, 1.54) is 51.4 Å². The Morgan fingerprint density at radius 2 is 1.43 bits per heavy atom. The number of azo groups is 1. The minimum absolute atomic E-state index is 0.322. The number of amidine groups is 1. The van der Waals surface area contributed by atoms with Gasteiger partial charge in [-0.3, -0.25) is 0 Å². The molecule has 0 saturated carbocycles. The number of hydrogen-bond acceptors (Lipinski definition) is 4. The van der Waals surface area contributed by atoms with Crippen LogP contribution in [0.15, 0.2) is 15.2 Å². The molecule has 0 bridgehead atoms. The van der Waals surface area contributed by atoms with Gasteiger partial charge >= 0.3 is 0 Å². The van der Waals surface area contributed by atoms with Crippen molar-refractivity contribution in [2.24, 2.45) is 32.8 Å². The fourth-order valence-corrected chi connectivity index (χ4v) is 3.59. The molecule has 0 amide bonds. The molecule has 0 aromatic rings. The van der Waals surface area contributed by atoms with Crippen LogP contribution in [-0.2, 0) is 0 Å². The molecule has 2 N–H and O–H groups in total. The number of rotatable bonds is 13. The summed E-state index contributed by atoms with van der Waals surface area (Å²) in [6, 6.07) is 0. The average Bonchev–Trinajstić information content (AvgIpc) is 2.98. The maximum Gasteiger partial charge on any atom is 0.173 e. The van der Waals surface area contributed by atoms with Crippen molar-refractivity contribution in [3.63, 3.8) is 0 Å². The highest BCUT2D eigenvalue weighted by Crippen LogP contribution is 2.38. The zero-order valence-corrected chi connectivity index (χ0v) is 15.9. The van der Waals surface area contributed by atoms with Crippen molar-refractivity contribution in [2.45, 2.75) is 97.6 Å². The first-order valence-corrected chi connectivity index (χ1v) is 9.84. The molecule has 4 heteroatoms. The van der Waals surface area contributed by atoms with Gasteiger partial charge in [-0.15, -0.1) is 5.11 Å². The monoisotopic (exact) mass is 322 g/mol. The molecule has 1 rings (SSSR count). The predicted molar refractivity (Wildman–Crippen MR) is 99.9 cm³/mol. The van der Waals surface area contributed by atoms with Crippen LogP contribution < -0.4 is 5.73 Å². The number of aliphatic imine (C=N–C) groups is 1. The lowest BCUT2D eigenvalue weighted by atomic mass is 9.82. The Morgan fingerprint density at radius 3 is 1.78 bits per heavy atom. The van der Waals surface area contributed by atoms with E-state index in [1.54, 1.807) is 0 Å². The lowest BCUT2D eigenvalue weighted by Crippen LogP contribution is -2.29. The van der Waals surface area contributed by atoms with Gasteiger partial charge in [-0.2, -0.15) is 5.11 Å². The summed E-state index contributed by atoms with van der Waals surface area (Å²) in [5.41, 5.74) is 5.44. The molecule has 4 nitrogen and oxygen atoms in total. The first-order chi connectivity index (χ1) is 11.1. The molecule has 1 aliphatic rings. The van der Waals surface area contributed by atoms with Crippen LogP contribution in [0, 0.1) is 11.8 Å². The van der Waals surface area contributed by atoms with Crippen LogP contribution in [0.1, 0.15) is 91.9 Å². The second-order valence-corrected chi connectivity index (χ2v) is 7.16. The molecule has 1 heterocycles. The topological polar surface area (TPSA) is 63.1 Å². The van der Waals surface area contributed by atoms with Crippen LogP contribution in [0.2, 0.25) is 0 Å². The van der Waals surface area contributed by atoms with Crippen molar-refractivity contribution in [1.82, 2.24) is 0 Å². The molecule has 23 heavy (non-hydrogen) atoms. The molecule has 0 aromatic carbocycles.